The number of rotatable bonds is 3. The van der Waals surface area contributed by atoms with Crippen LogP contribution in [0.4, 0.5) is 0 Å². The molecule has 0 fully saturated rings. The summed E-state index contributed by atoms with van der Waals surface area (Å²) in [5.41, 5.74) is 18.3. The molecule has 9 aromatic rings. The van der Waals surface area contributed by atoms with Crippen molar-refractivity contribution in [3.63, 3.8) is 0 Å². The van der Waals surface area contributed by atoms with E-state index in [1.807, 2.05) is 0 Å². The third-order valence-electron chi connectivity index (χ3n) is 11.8. The summed E-state index contributed by atoms with van der Waals surface area (Å²) in [4.78, 5) is 0. The Balaban J connectivity index is 0.961. The molecule has 11 rings (SSSR count). The van der Waals surface area contributed by atoms with Crippen LogP contribution in [-0.4, -0.2) is 0 Å². The highest BCUT2D eigenvalue weighted by Gasteiger charge is 2.36. The number of hydrogen-bond acceptors (Lipinski definition) is 0. The van der Waals surface area contributed by atoms with Gasteiger partial charge in [0.2, 0.25) is 0 Å². The monoisotopic (exact) mass is 646 g/mol. The molecule has 0 N–H and O–H groups in total. The lowest BCUT2D eigenvalue weighted by atomic mass is 9.80. The molecular formula is C51H34. The summed E-state index contributed by atoms with van der Waals surface area (Å²) in [6, 6.07) is 63.6. The first-order valence-corrected chi connectivity index (χ1v) is 18.0. The van der Waals surface area contributed by atoms with E-state index in [0.717, 1.165) is 0 Å². The average molecular weight is 647 g/mol. The van der Waals surface area contributed by atoms with Crippen molar-refractivity contribution in [1.82, 2.24) is 0 Å². The molecule has 2 aliphatic carbocycles. The summed E-state index contributed by atoms with van der Waals surface area (Å²) in [7, 11) is 0. The van der Waals surface area contributed by atoms with E-state index < -0.39 is 0 Å². The largest absolute Gasteiger partial charge is 0.0616 e. The zero-order chi connectivity index (χ0) is 33.8. The molecular weight excluding hydrogens is 613 g/mol. The topological polar surface area (TPSA) is 0 Å². The fourth-order valence-electron chi connectivity index (χ4n) is 9.28. The van der Waals surface area contributed by atoms with Gasteiger partial charge in [0.05, 0.1) is 0 Å². The lowest BCUT2D eigenvalue weighted by molar-refractivity contribution is 0.661. The number of benzene rings is 9. The minimum Gasteiger partial charge on any atom is -0.0616 e. The fraction of sp³-hybridized carbons (Fsp3) is 0.0588. The first-order valence-electron chi connectivity index (χ1n) is 18.0. The normalized spacial score (nSPS) is 13.5. The molecule has 2 aliphatic rings. The van der Waals surface area contributed by atoms with Crippen molar-refractivity contribution < 1.29 is 0 Å². The molecule has 0 saturated carbocycles. The first kappa shape index (κ1) is 28.6. The summed E-state index contributed by atoms with van der Waals surface area (Å²) >= 11 is 0. The zero-order valence-electron chi connectivity index (χ0n) is 28.7. The Morgan fingerprint density at radius 1 is 0.294 bits per heavy atom. The molecule has 238 valence electrons. The Kier molecular flexibility index (Phi) is 5.82. The van der Waals surface area contributed by atoms with E-state index in [1.54, 1.807) is 0 Å². The van der Waals surface area contributed by atoms with Crippen LogP contribution in [-0.2, 0) is 5.41 Å². The second kappa shape index (κ2) is 10.4. The minimum atomic E-state index is -0.120. The van der Waals surface area contributed by atoms with E-state index in [2.05, 4.69) is 184 Å². The van der Waals surface area contributed by atoms with Crippen molar-refractivity contribution >= 4 is 32.3 Å². The van der Waals surface area contributed by atoms with Crippen molar-refractivity contribution in [2.45, 2.75) is 19.3 Å². The summed E-state index contributed by atoms with van der Waals surface area (Å²) in [5, 5.41) is 7.90. The first-order chi connectivity index (χ1) is 25.0. The molecule has 0 aliphatic heterocycles. The molecule has 51 heavy (non-hydrogen) atoms. The van der Waals surface area contributed by atoms with E-state index in [4.69, 9.17) is 0 Å². The predicted molar refractivity (Wildman–Crippen MR) is 217 cm³/mol. The number of hydrogen-bond donors (Lipinski definition) is 0. The summed E-state index contributed by atoms with van der Waals surface area (Å²) < 4.78 is 0. The van der Waals surface area contributed by atoms with Crippen LogP contribution in [0.15, 0.2) is 170 Å². The van der Waals surface area contributed by atoms with Gasteiger partial charge >= 0.3 is 0 Å². The van der Waals surface area contributed by atoms with E-state index in [-0.39, 0.29) is 5.41 Å². The van der Waals surface area contributed by atoms with Gasteiger partial charge in [-0.1, -0.05) is 166 Å². The second-order valence-corrected chi connectivity index (χ2v) is 14.8. The van der Waals surface area contributed by atoms with Crippen molar-refractivity contribution in [2.24, 2.45) is 0 Å². The van der Waals surface area contributed by atoms with E-state index in [0.29, 0.717) is 0 Å². The molecule has 0 heterocycles. The highest BCUT2D eigenvalue weighted by Crippen LogP contribution is 2.52. The van der Waals surface area contributed by atoms with Gasteiger partial charge in [0.25, 0.3) is 0 Å². The Hall–Kier alpha value is -6.24. The molecule has 0 saturated heterocycles. The van der Waals surface area contributed by atoms with Gasteiger partial charge in [-0.05, 0) is 128 Å². The van der Waals surface area contributed by atoms with Gasteiger partial charge in [0.15, 0.2) is 0 Å². The molecule has 0 nitrogen and oxygen atoms in total. The maximum atomic E-state index is 2.46. The number of fused-ring (bicyclic) bond motifs is 9. The summed E-state index contributed by atoms with van der Waals surface area (Å²) in [6.07, 6.45) is 0. The molecule has 0 radical (unpaired) electrons. The lowest BCUT2D eigenvalue weighted by Gasteiger charge is -2.23. The molecule has 0 spiro atoms. The zero-order valence-corrected chi connectivity index (χ0v) is 28.7. The third kappa shape index (κ3) is 4.02. The van der Waals surface area contributed by atoms with Gasteiger partial charge in [-0.3, -0.25) is 0 Å². The SMILES string of the molecule is CC1(C)c2cc(-c3ccc(-c4ccc5c6c(cccc46)-c4ccccc4-5)cc3)ccc2-c2ccc(-c3cc4ccccc4c4ccccc34)cc21. The highest BCUT2D eigenvalue weighted by molar-refractivity contribution is 6.19. The summed E-state index contributed by atoms with van der Waals surface area (Å²) in [5.74, 6) is 0. The lowest BCUT2D eigenvalue weighted by Crippen LogP contribution is -2.15. The van der Waals surface area contributed by atoms with Gasteiger partial charge in [-0.2, -0.15) is 0 Å². The quantitative estimate of drug-likeness (QED) is 0.168. The van der Waals surface area contributed by atoms with Gasteiger partial charge < -0.3 is 0 Å². The van der Waals surface area contributed by atoms with E-state index in [1.165, 1.54) is 110 Å². The fourth-order valence-corrected chi connectivity index (χ4v) is 9.28. The molecule has 0 atom stereocenters. The van der Waals surface area contributed by atoms with Crippen molar-refractivity contribution in [1.29, 1.82) is 0 Å². The van der Waals surface area contributed by atoms with Crippen LogP contribution in [0.3, 0.4) is 0 Å². The van der Waals surface area contributed by atoms with Crippen LogP contribution in [0.5, 0.6) is 0 Å². The van der Waals surface area contributed by atoms with Crippen LogP contribution >= 0.6 is 0 Å². The van der Waals surface area contributed by atoms with Crippen molar-refractivity contribution in [3.05, 3.63) is 181 Å². The maximum Gasteiger partial charge on any atom is 0.0159 e. The summed E-state index contributed by atoms with van der Waals surface area (Å²) in [6.45, 7) is 4.78. The van der Waals surface area contributed by atoms with Crippen molar-refractivity contribution in [2.75, 3.05) is 0 Å². The van der Waals surface area contributed by atoms with E-state index >= 15 is 0 Å². The van der Waals surface area contributed by atoms with Crippen LogP contribution in [0.2, 0.25) is 0 Å². The van der Waals surface area contributed by atoms with Crippen LogP contribution < -0.4 is 0 Å². The Morgan fingerprint density at radius 3 is 1.57 bits per heavy atom. The van der Waals surface area contributed by atoms with Gasteiger partial charge in [0.1, 0.15) is 0 Å². The molecule has 0 aromatic heterocycles. The molecule has 0 bridgehead atoms. The van der Waals surface area contributed by atoms with Crippen LogP contribution in [0, 0.1) is 0 Å². The van der Waals surface area contributed by atoms with Gasteiger partial charge in [-0.15, -0.1) is 0 Å². The Labute approximate surface area is 298 Å². The molecule has 0 heteroatoms. The van der Waals surface area contributed by atoms with Gasteiger partial charge in [-0.25, -0.2) is 0 Å². The Bertz CT molecular complexity index is 2890. The van der Waals surface area contributed by atoms with Crippen LogP contribution in [0.1, 0.15) is 25.0 Å². The standard InChI is InChI=1S/C51H34/c1-51(2)48-29-33(31-18-20-32(21-19-31)37-26-27-46-40-14-7-6-13-39(40)45-17-9-16-44(37)50(45)46)22-24-42(48)43-25-23-35(30-49(43)51)47-28-34-10-3-4-11-36(34)38-12-5-8-15-41(38)47/h3-30H,1-2H3. The second-order valence-electron chi connectivity index (χ2n) is 14.8. The average Bonchev–Trinajstić information content (AvgIpc) is 3.63. The smallest absolute Gasteiger partial charge is 0.0159 e. The van der Waals surface area contributed by atoms with Crippen molar-refractivity contribution in [3.8, 4) is 66.8 Å². The molecule has 0 unspecified atom stereocenters. The van der Waals surface area contributed by atoms with Gasteiger partial charge in [0, 0.05) is 5.41 Å². The molecule has 0 amide bonds. The van der Waals surface area contributed by atoms with E-state index in [9.17, 15) is 0 Å². The third-order valence-corrected chi connectivity index (χ3v) is 11.8. The maximum absolute atomic E-state index is 2.46. The predicted octanol–water partition coefficient (Wildman–Crippen LogP) is 14.1. The highest BCUT2D eigenvalue weighted by atomic mass is 14.4. The minimum absolute atomic E-state index is 0.120. The Morgan fingerprint density at radius 2 is 0.804 bits per heavy atom. The van der Waals surface area contributed by atoms with Crippen LogP contribution in [0.25, 0.3) is 99.1 Å². The molecule has 9 aromatic carbocycles.